The molecule has 0 amide bonds. The average molecular weight is 328 g/mol. The fraction of sp³-hybridized carbons (Fsp3) is 0.533. The molecule has 3 atom stereocenters. The van der Waals surface area contributed by atoms with Gasteiger partial charge in [0.1, 0.15) is 11.2 Å². The maximum absolute atomic E-state index is 12.3. The topological polar surface area (TPSA) is 89.9 Å². The molecule has 1 saturated carbocycles. The van der Waals surface area contributed by atoms with Gasteiger partial charge in [-0.2, -0.15) is 0 Å². The minimum atomic E-state index is -3.50. The van der Waals surface area contributed by atoms with Crippen molar-refractivity contribution in [3.8, 4) is 5.75 Å². The molecule has 0 saturated heterocycles. The lowest BCUT2D eigenvalue weighted by Gasteiger charge is -2.11. The fourth-order valence-electron chi connectivity index (χ4n) is 3.12. The third-order valence-corrected chi connectivity index (χ3v) is 6.57. The van der Waals surface area contributed by atoms with Crippen LogP contribution in [0.2, 0.25) is 0 Å². The van der Waals surface area contributed by atoms with E-state index in [1.807, 2.05) is 0 Å². The Morgan fingerprint density at radius 1 is 1.27 bits per heavy atom. The number of carbonyl (C=O) groups is 1. The smallest absolute Gasteiger partial charge is 0.314 e. The molecule has 1 N–H and O–H groups in total. The van der Waals surface area contributed by atoms with Crippen molar-refractivity contribution in [1.82, 2.24) is 0 Å². The van der Waals surface area contributed by atoms with Crippen LogP contribution in [0.1, 0.15) is 18.4 Å². The van der Waals surface area contributed by atoms with Crippen molar-refractivity contribution in [2.75, 3.05) is 26.6 Å². The summed E-state index contributed by atoms with van der Waals surface area (Å²) in [7, 11) is -0.596. The van der Waals surface area contributed by atoms with Crippen LogP contribution >= 0.6 is 0 Å². The maximum atomic E-state index is 12.3. The number of ether oxygens (including phenoxy) is 2. The molecule has 0 heterocycles. The van der Waals surface area contributed by atoms with Gasteiger partial charge in [-0.1, -0.05) is 19.1 Å². The van der Waals surface area contributed by atoms with Crippen LogP contribution in [0.4, 0.5) is 0 Å². The first kappa shape index (κ1) is 16.8. The molecule has 0 spiro atoms. The highest BCUT2D eigenvalue weighted by Crippen LogP contribution is 2.63. The van der Waals surface area contributed by atoms with E-state index < -0.39 is 32.4 Å². The second kappa shape index (κ2) is 5.89. The predicted octanol–water partition coefficient (Wildman–Crippen LogP) is 1.31. The van der Waals surface area contributed by atoms with Crippen LogP contribution in [-0.4, -0.2) is 51.3 Å². The standard InChI is InChI=1S/C15H20O6S/c1-4-22(18,19)13-12(15(13,9-20-2)14(16)17)10-5-7-11(21-3)8-6-10/h5-8,12-13H,4,9H2,1-3H3,(H,16,17)/t12-,13+,15-/m1/s1. The normalized spacial score (nSPS) is 27.4. The molecule has 122 valence electrons. The van der Waals surface area contributed by atoms with Gasteiger partial charge in [-0.05, 0) is 17.7 Å². The van der Waals surface area contributed by atoms with Crippen LogP contribution in [-0.2, 0) is 19.4 Å². The Bertz CT molecular complexity index is 651. The number of aliphatic carboxylic acids is 1. The van der Waals surface area contributed by atoms with Crippen molar-refractivity contribution >= 4 is 15.8 Å². The van der Waals surface area contributed by atoms with Crippen molar-refractivity contribution in [1.29, 1.82) is 0 Å². The summed E-state index contributed by atoms with van der Waals surface area (Å²) in [5.74, 6) is -1.21. The minimum absolute atomic E-state index is 0.0942. The van der Waals surface area contributed by atoms with E-state index in [4.69, 9.17) is 9.47 Å². The molecule has 0 radical (unpaired) electrons. The molecule has 1 aliphatic rings. The van der Waals surface area contributed by atoms with Gasteiger partial charge in [0.15, 0.2) is 9.84 Å². The van der Waals surface area contributed by atoms with Crippen molar-refractivity contribution < 1.29 is 27.8 Å². The van der Waals surface area contributed by atoms with Gasteiger partial charge < -0.3 is 14.6 Å². The SMILES string of the molecule is CCS(=O)(=O)[C@H]1[C@@H](c2ccc(OC)cc2)[C@@]1(COC)C(=O)O. The van der Waals surface area contributed by atoms with Crippen molar-refractivity contribution in [2.45, 2.75) is 18.1 Å². The summed E-state index contributed by atoms with van der Waals surface area (Å²) in [4.78, 5) is 11.8. The zero-order valence-electron chi connectivity index (χ0n) is 12.8. The van der Waals surface area contributed by atoms with Gasteiger partial charge in [0.05, 0.1) is 19.0 Å². The van der Waals surface area contributed by atoms with E-state index in [2.05, 4.69) is 0 Å². The molecule has 1 aliphatic carbocycles. The van der Waals surface area contributed by atoms with Crippen LogP contribution in [0.5, 0.6) is 5.75 Å². The van der Waals surface area contributed by atoms with Gasteiger partial charge >= 0.3 is 5.97 Å². The molecule has 0 aromatic heterocycles. The number of carboxylic acid groups (broad SMARTS) is 1. The zero-order valence-corrected chi connectivity index (χ0v) is 13.6. The second-order valence-electron chi connectivity index (χ2n) is 5.40. The summed E-state index contributed by atoms with van der Waals surface area (Å²) < 4.78 is 34.7. The number of methoxy groups -OCH3 is 2. The molecule has 1 aromatic rings. The van der Waals surface area contributed by atoms with Gasteiger partial charge in [0.25, 0.3) is 0 Å². The second-order valence-corrected chi connectivity index (χ2v) is 7.81. The Kier molecular flexibility index (Phi) is 4.49. The van der Waals surface area contributed by atoms with Gasteiger partial charge in [0.2, 0.25) is 0 Å². The van der Waals surface area contributed by atoms with E-state index in [0.717, 1.165) is 0 Å². The lowest BCUT2D eigenvalue weighted by atomic mass is 10.00. The van der Waals surface area contributed by atoms with Crippen molar-refractivity contribution in [3.05, 3.63) is 29.8 Å². The predicted molar refractivity (Wildman–Crippen MR) is 80.9 cm³/mol. The Morgan fingerprint density at radius 3 is 2.27 bits per heavy atom. The highest BCUT2D eigenvalue weighted by atomic mass is 32.2. The summed E-state index contributed by atoms with van der Waals surface area (Å²) in [6.07, 6.45) is 0. The van der Waals surface area contributed by atoms with E-state index >= 15 is 0 Å². The monoisotopic (exact) mass is 328 g/mol. The summed E-state index contributed by atoms with van der Waals surface area (Å²) in [6.45, 7) is 1.39. The third-order valence-electron chi connectivity index (χ3n) is 4.30. The van der Waals surface area contributed by atoms with E-state index in [1.165, 1.54) is 21.1 Å². The molecular weight excluding hydrogens is 308 g/mol. The van der Waals surface area contributed by atoms with E-state index in [-0.39, 0.29) is 12.4 Å². The van der Waals surface area contributed by atoms with Crippen LogP contribution < -0.4 is 4.74 Å². The Labute approximate surface area is 130 Å². The summed E-state index contributed by atoms with van der Waals surface area (Å²) >= 11 is 0. The molecule has 0 unspecified atom stereocenters. The summed E-state index contributed by atoms with van der Waals surface area (Å²) in [6, 6.07) is 6.81. The minimum Gasteiger partial charge on any atom is -0.497 e. The van der Waals surface area contributed by atoms with Gasteiger partial charge in [-0.25, -0.2) is 8.42 Å². The Hall–Kier alpha value is -1.60. The maximum Gasteiger partial charge on any atom is 0.314 e. The van der Waals surface area contributed by atoms with Crippen LogP contribution in [0.3, 0.4) is 0 Å². The third kappa shape index (κ3) is 2.48. The summed E-state index contributed by atoms with van der Waals surface area (Å²) in [5, 5.41) is 8.67. The quantitative estimate of drug-likeness (QED) is 0.812. The highest BCUT2D eigenvalue weighted by Gasteiger charge is 2.75. The molecule has 2 rings (SSSR count). The number of hydrogen-bond donors (Lipinski definition) is 1. The number of rotatable bonds is 7. The Morgan fingerprint density at radius 2 is 1.86 bits per heavy atom. The molecule has 0 bridgehead atoms. The van der Waals surface area contributed by atoms with Crippen molar-refractivity contribution in [3.63, 3.8) is 0 Å². The number of hydrogen-bond acceptors (Lipinski definition) is 5. The molecule has 7 heteroatoms. The number of benzene rings is 1. The van der Waals surface area contributed by atoms with Crippen molar-refractivity contribution in [2.24, 2.45) is 5.41 Å². The molecule has 6 nitrogen and oxygen atoms in total. The van der Waals surface area contributed by atoms with Gasteiger partial charge in [-0.15, -0.1) is 0 Å². The van der Waals surface area contributed by atoms with Crippen LogP contribution in [0.15, 0.2) is 24.3 Å². The van der Waals surface area contributed by atoms with Gasteiger partial charge in [-0.3, -0.25) is 4.79 Å². The fourth-order valence-corrected chi connectivity index (χ4v) is 5.17. The van der Waals surface area contributed by atoms with Gasteiger partial charge in [0, 0.05) is 18.8 Å². The Balaban J connectivity index is 2.48. The first-order chi connectivity index (χ1) is 10.3. The highest BCUT2D eigenvalue weighted by molar-refractivity contribution is 7.92. The number of carboxylic acids is 1. The van der Waals surface area contributed by atoms with Crippen LogP contribution in [0.25, 0.3) is 0 Å². The molecule has 22 heavy (non-hydrogen) atoms. The van der Waals surface area contributed by atoms with E-state index in [9.17, 15) is 18.3 Å². The molecule has 1 fully saturated rings. The number of sulfone groups is 1. The average Bonchev–Trinajstić information content (AvgIpc) is 3.19. The molecule has 1 aromatic carbocycles. The van der Waals surface area contributed by atoms with E-state index in [0.29, 0.717) is 11.3 Å². The first-order valence-electron chi connectivity index (χ1n) is 6.93. The van der Waals surface area contributed by atoms with Crippen LogP contribution in [0, 0.1) is 5.41 Å². The largest absolute Gasteiger partial charge is 0.497 e. The van der Waals surface area contributed by atoms with E-state index in [1.54, 1.807) is 24.3 Å². The summed E-state index contributed by atoms with van der Waals surface area (Å²) in [5.41, 5.74) is -0.750. The first-order valence-corrected chi connectivity index (χ1v) is 8.64. The molecular formula is C15H20O6S. The lowest BCUT2D eigenvalue weighted by molar-refractivity contribution is -0.145. The lowest BCUT2D eigenvalue weighted by Crippen LogP contribution is -2.29. The zero-order chi connectivity index (χ0) is 16.5. The molecule has 0 aliphatic heterocycles.